The van der Waals surface area contributed by atoms with Gasteiger partial charge in [0.05, 0.1) is 0 Å². The second-order valence-electron chi connectivity index (χ2n) is 4.49. The highest BCUT2D eigenvalue weighted by molar-refractivity contribution is 6.30. The Labute approximate surface area is 122 Å². The number of benzene rings is 2. The van der Waals surface area contributed by atoms with Gasteiger partial charge >= 0.3 is 0 Å². The molecule has 3 rings (SSSR count). The molecule has 20 heavy (non-hydrogen) atoms. The van der Waals surface area contributed by atoms with E-state index in [1.807, 2.05) is 42.5 Å². The van der Waals surface area contributed by atoms with Gasteiger partial charge in [0, 0.05) is 16.7 Å². The molecule has 1 N–H and O–H groups in total. The molecule has 0 fully saturated rings. The average molecular weight is 289 g/mol. The predicted octanol–water partition coefficient (Wildman–Crippen LogP) is 4.03. The molecular weight excluding hydrogens is 276 g/mol. The smallest absolute Gasteiger partial charge is 0.231 e. The monoisotopic (exact) mass is 288 g/mol. The Morgan fingerprint density at radius 1 is 1.10 bits per heavy atom. The van der Waals surface area contributed by atoms with Gasteiger partial charge in [-0.15, -0.1) is 0 Å². The van der Waals surface area contributed by atoms with Crippen molar-refractivity contribution in [3.05, 3.63) is 58.6 Å². The summed E-state index contributed by atoms with van der Waals surface area (Å²) in [7, 11) is 0. The number of halogens is 1. The van der Waals surface area contributed by atoms with Crippen molar-refractivity contribution in [3.8, 4) is 17.2 Å². The van der Waals surface area contributed by atoms with Gasteiger partial charge in [-0.2, -0.15) is 0 Å². The Kier molecular flexibility index (Phi) is 3.52. The molecule has 4 heteroatoms. The van der Waals surface area contributed by atoms with Gasteiger partial charge in [0.1, 0.15) is 5.75 Å². The SMILES string of the molecule is Oc1cc2c(cc1C/C=C/c1ccc(Cl)cc1)OCO2. The van der Waals surface area contributed by atoms with Gasteiger partial charge in [0.2, 0.25) is 6.79 Å². The molecule has 0 bridgehead atoms. The van der Waals surface area contributed by atoms with Crippen LogP contribution in [0.15, 0.2) is 42.5 Å². The van der Waals surface area contributed by atoms with Crippen molar-refractivity contribution in [2.75, 3.05) is 6.79 Å². The van der Waals surface area contributed by atoms with Gasteiger partial charge in [-0.05, 0) is 30.2 Å². The molecule has 2 aromatic rings. The van der Waals surface area contributed by atoms with Gasteiger partial charge in [0.25, 0.3) is 0 Å². The average Bonchev–Trinajstić information content (AvgIpc) is 2.88. The van der Waals surface area contributed by atoms with E-state index >= 15 is 0 Å². The van der Waals surface area contributed by atoms with Crippen LogP contribution in [0.2, 0.25) is 5.02 Å². The Morgan fingerprint density at radius 2 is 1.80 bits per heavy atom. The van der Waals surface area contributed by atoms with Crippen LogP contribution < -0.4 is 9.47 Å². The molecule has 0 unspecified atom stereocenters. The summed E-state index contributed by atoms with van der Waals surface area (Å²) < 4.78 is 10.5. The normalized spacial score (nSPS) is 13.1. The molecule has 0 spiro atoms. The summed E-state index contributed by atoms with van der Waals surface area (Å²) in [6.45, 7) is 0.207. The van der Waals surface area contributed by atoms with Crippen LogP contribution in [0.5, 0.6) is 17.2 Å². The third-order valence-electron chi connectivity index (χ3n) is 3.09. The first-order valence-electron chi connectivity index (χ1n) is 6.26. The fourth-order valence-corrected chi connectivity index (χ4v) is 2.16. The second kappa shape index (κ2) is 5.47. The molecule has 0 amide bonds. The number of rotatable bonds is 3. The zero-order valence-corrected chi connectivity index (χ0v) is 11.4. The summed E-state index contributed by atoms with van der Waals surface area (Å²) in [6, 6.07) is 11.0. The molecule has 0 radical (unpaired) electrons. The first kappa shape index (κ1) is 12.9. The Morgan fingerprint density at radius 3 is 2.55 bits per heavy atom. The van der Waals surface area contributed by atoms with Gasteiger partial charge in [-0.1, -0.05) is 35.9 Å². The molecule has 0 atom stereocenters. The molecule has 0 saturated carbocycles. The number of phenols is 1. The van der Waals surface area contributed by atoms with E-state index in [1.54, 1.807) is 6.07 Å². The molecular formula is C16H13ClO3. The van der Waals surface area contributed by atoms with E-state index in [1.165, 1.54) is 0 Å². The fraction of sp³-hybridized carbons (Fsp3) is 0.125. The standard InChI is InChI=1S/C16H13ClO3/c17-13-6-4-11(5-7-13)2-1-3-12-8-15-16(9-14(12)18)20-10-19-15/h1-2,4-9,18H,3,10H2/b2-1+. The maximum absolute atomic E-state index is 9.92. The topological polar surface area (TPSA) is 38.7 Å². The van der Waals surface area contributed by atoms with Crippen LogP contribution in [0, 0.1) is 0 Å². The van der Waals surface area contributed by atoms with Gasteiger partial charge < -0.3 is 14.6 Å². The molecule has 0 aliphatic carbocycles. The third kappa shape index (κ3) is 2.73. The first-order valence-corrected chi connectivity index (χ1v) is 6.64. The number of fused-ring (bicyclic) bond motifs is 1. The lowest BCUT2D eigenvalue weighted by Gasteiger charge is -2.03. The second-order valence-corrected chi connectivity index (χ2v) is 4.93. The van der Waals surface area contributed by atoms with E-state index in [9.17, 15) is 5.11 Å². The molecule has 2 aromatic carbocycles. The lowest BCUT2D eigenvalue weighted by atomic mass is 10.1. The van der Waals surface area contributed by atoms with Gasteiger partial charge in [-0.3, -0.25) is 0 Å². The van der Waals surface area contributed by atoms with Crippen LogP contribution in [0.1, 0.15) is 11.1 Å². The minimum Gasteiger partial charge on any atom is -0.508 e. The van der Waals surface area contributed by atoms with Crippen molar-refractivity contribution >= 4 is 17.7 Å². The molecule has 1 heterocycles. The van der Waals surface area contributed by atoms with Crippen molar-refractivity contribution in [1.82, 2.24) is 0 Å². The molecule has 0 aromatic heterocycles. The summed E-state index contributed by atoms with van der Waals surface area (Å²) in [6.07, 6.45) is 4.59. The Bertz CT molecular complexity index is 648. The number of hydrogen-bond acceptors (Lipinski definition) is 3. The van der Waals surface area contributed by atoms with E-state index in [2.05, 4.69) is 0 Å². The van der Waals surface area contributed by atoms with Gasteiger partial charge in [0.15, 0.2) is 11.5 Å². The van der Waals surface area contributed by atoms with Crippen molar-refractivity contribution in [2.45, 2.75) is 6.42 Å². The maximum Gasteiger partial charge on any atom is 0.231 e. The van der Waals surface area contributed by atoms with Crippen LogP contribution in [0.4, 0.5) is 0 Å². The molecule has 102 valence electrons. The zero-order valence-electron chi connectivity index (χ0n) is 10.7. The highest BCUT2D eigenvalue weighted by Gasteiger charge is 2.16. The van der Waals surface area contributed by atoms with E-state index in [-0.39, 0.29) is 12.5 Å². The minimum absolute atomic E-state index is 0.207. The van der Waals surface area contributed by atoms with Crippen molar-refractivity contribution < 1.29 is 14.6 Å². The predicted molar refractivity (Wildman–Crippen MR) is 78.4 cm³/mol. The largest absolute Gasteiger partial charge is 0.508 e. The van der Waals surface area contributed by atoms with E-state index in [4.69, 9.17) is 21.1 Å². The number of hydrogen-bond donors (Lipinski definition) is 1. The van der Waals surface area contributed by atoms with E-state index in [0.29, 0.717) is 17.9 Å². The highest BCUT2D eigenvalue weighted by atomic mass is 35.5. The van der Waals surface area contributed by atoms with Crippen LogP contribution in [-0.4, -0.2) is 11.9 Å². The van der Waals surface area contributed by atoms with Crippen LogP contribution >= 0.6 is 11.6 Å². The third-order valence-corrected chi connectivity index (χ3v) is 3.34. The van der Waals surface area contributed by atoms with Gasteiger partial charge in [-0.25, -0.2) is 0 Å². The van der Waals surface area contributed by atoms with E-state index in [0.717, 1.165) is 16.1 Å². The van der Waals surface area contributed by atoms with Crippen LogP contribution in [-0.2, 0) is 6.42 Å². The van der Waals surface area contributed by atoms with Crippen molar-refractivity contribution in [1.29, 1.82) is 0 Å². The van der Waals surface area contributed by atoms with Crippen molar-refractivity contribution in [3.63, 3.8) is 0 Å². The minimum atomic E-state index is 0.207. The van der Waals surface area contributed by atoms with E-state index < -0.39 is 0 Å². The Balaban J connectivity index is 1.73. The highest BCUT2D eigenvalue weighted by Crippen LogP contribution is 2.37. The summed E-state index contributed by atoms with van der Waals surface area (Å²) in [5.74, 6) is 1.49. The summed E-state index contributed by atoms with van der Waals surface area (Å²) in [5, 5.41) is 10.6. The molecule has 0 saturated heterocycles. The number of allylic oxidation sites excluding steroid dienone is 1. The molecule has 3 nitrogen and oxygen atoms in total. The number of ether oxygens (including phenoxy) is 2. The van der Waals surface area contributed by atoms with Crippen molar-refractivity contribution in [2.24, 2.45) is 0 Å². The number of phenolic OH excluding ortho intramolecular Hbond substituents is 1. The first-order chi connectivity index (χ1) is 9.72. The quantitative estimate of drug-likeness (QED) is 0.927. The zero-order chi connectivity index (χ0) is 13.9. The fourth-order valence-electron chi connectivity index (χ4n) is 2.03. The molecule has 1 aliphatic heterocycles. The summed E-state index contributed by atoms with van der Waals surface area (Å²) in [5.41, 5.74) is 1.87. The summed E-state index contributed by atoms with van der Waals surface area (Å²) >= 11 is 5.83. The Hall–Kier alpha value is -2.13. The molecule has 1 aliphatic rings. The lowest BCUT2D eigenvalue weighted by Crippen LogP contribution is -1.92. The lowest BCUT2D eigenvalue weighted by molar-refractivity contribution is 0.174. The van der Waals surface area contributed by atoms with Crippen LogP contribution in [0.25, 0.3) is 6.08 Å². The summed E-state index contributed by atoms with van der Waals surface area (Å²) in [4.78, 5) is 0. The van der Waals surface area contributed by atoms with Crippen LogP contribution in [0.3, 0.4) is 0 Å². The maximum atomic E-state index is 9.92. The number of aromatic hydroxyl groups is 1.